The Morgan fingerprint density at radius 3 is 2.60 bits per heavy atom. The van der Waals surface area contributed by atoms with Gasteiger partial charge in [0.2, 0.25) is 0 Å². The van der Waals surface area contributed by atoms with Gasteiger partial charge in [-0.15, -0.1) is 0 Å². The largest absolute Gasteiger partial charge is 0.326 e. The number of hydrogen-bond acceptors (Lipinski definition) is 2. The van der Waals surface area contributed by atoms with Crippen molar-refractivity contribution >= 4 is 0 Å². The average Bonchev–Trinajstić information content (AvgIpc) is 2.80. The molecule has 0 aromatic heterocycles. The molecule has 0 spiro atoms. The van der Waals surface area contributed by atoms with E-state index in [1.54, 1.807) is 6.07 Å². The van der Waals surface area contributed by atoms with Crippen molar-refractivity contribution in [2.75, 3.05) is 0 Å². The third-order valence-electron chi connectivity index (χ3n) is 3.79. The molecule has 3 heteroatoms. The molecular formula is C12H15FN2. The summed E-state index contributed by atoms with van der Waals surface area (Å²) < 4.78 is 13.7. The van der Waals surface area contributed by atoms with Crippen LogP contribution < -0.4 is 11.1 Å². The van der Waals surface area contributed by atoms with E-state index in [1.807, 2.05) is 12.1 Å². The van der Waals surface area contributed by atoms with Gasteiger partial charge in [0.05, 0.1) is 0 Å². The summed E-state index contributed by atoms with van der Waals surface area (Å²) in [6, 6.07) is 7.83. The van der Waals surface area contributed by atoms with Crippen molar-refractivity contribution in [2.24, 2.45) is 5.73 Å². The zero-order chi connectivity index (χ0) is 10.4. The summed E-state index contributed by atoms with van der Waals surface area (Å²) >= 11 is 0. The minimum Gasteiger partial charge on any atom is -0.326 e. The highest BCUT2D eigenvalue weighted by atomic mass is 19.1. The number of hydrogen-bond donors (Lipinski definition) is 2. The first-order chi connectivity index (χ1) is 7.27. The van der Waals surface area contributed by atoms with Gasteiger partial charge >= 0.3 is 0 Å². The highest BCUT2D eigenvalue weighted by Crippen LogP contribution is 2.39. The molecule has 1 aromatic rings. The molecule has 4 atom stereocenters. The Hall–Kier alpha value is -0.930. The molecule has 0 radical (unpaired) electrons. The van der Waals surface area contributed by atoms with Crippen LogP contribution in [0.15, 0.2) is 24.3 Å². The third kappa shape index (κ3) is 1.30. The molecule has 3 rings (SSSR count). The summed E-state index contributed by atoms with van der Waals surface area (Å²) in [6.07, 6.45) is 2.26. The van der Waals surface area contributed by atoms with Gasteiger partial charge in [-0.2, -0.15) is 0 Å². The van der Waals surface area contributed by atoms with Crippen LogP contribution in [0.25, 0.3) is 0 Å². The fourth-order valence-electron chi connectivity index (χ4n) is 3.08. The standard InChI is InChI=1S/C12H15FN2/c13-8-4-2-1-3-7(8)11-9-5-6-10(15-9)12(11)14/h1-4,9-12,15H,5-6,14H2. The van der Waals surface area contributed by atoms with Crippen LogP contribution in [0.1, 0.15) is 24.3 Å². The van der Waals surface area contributed by atoms with Crippen molar-refractivity contribution in [3.05, 3.63) is 35.6 Å². The van der Waals surface area contributed by atoms with E-state index in [1.165, 1.54) is 6.07 Å². The maximum atomic E-state index is 13.7. The van der Waals surface area contributed by atoms with Gasteiger partial charge in [-0.1, -0.05) is 18.2 Å². The summed E-state index contributed by atoms with van der Waals surface area (Å²) in [6.45, 7) is 0. The van der Waals surface area contributed by atoms with Crippen molar-refractivity contribution in [3.63, 3.8) is 0 Å². The van der Waals surface area contributed by atoms with Gasteiger partial charge in [0.1, 0.15) is 5.82 Å². The van der Waals surface area contributed by atoms with Gasteiger partial charge in [-0.25, -0.2) is 4.39 Å². The van der Waals surface area contributed by atoms with Gasteiger partial charge in [-0.05, 0) is 24.5 Å². The summed E-state index contributed by atoms with van der Waals surface area (Å²) in [5.41, 5.74) is 6.92. The van der Waals surface area contributed by atoms with E-state index < -0.39 is 0 Å². The van der Waals surface area contributed by atoms with Gasteiger partial charge in [0.25, 0.3) is 0 Å². The maximum Gasteiger partial charge on any atom is 0.126 e. The smallest absolute Gasteiger partial charge is 0.126 e. The SMILES string of the molecule is NC1C2CCC(N2)C1c1ccccc1F. The molecule has 2 fully saturated rings. The quantitative estimate of drug-likeness (QED) is 0.728. The summed E-state index contributed by atoms with van der Waals surface area (Å²) in [4.78, 5) is 0. The first kappa shape index (κ1) is 9.31. The van der Waals surface area contributed by atoms with E-state index in [-0.39, 0.29) is 17.8 Å². The van der Waals surface area contributed by atoms with Crippen molar-refractivity contribution < 1.29 is 4.39 Å². The van der Waals surface area contributed by atoms with Crippen LogP contribution >= 0.6 is 0 Å². The molecule has 2 saturated heterocycles. The van der Waals surface area contributed by atoms with E-state index in [0.29, 0.717) is 12.1 Å². The molecule has 80 valence electrons. The monoisotopic (exact) mass is 206 g/mol. The number of rotatable bonds is 1. The topological polar surface area (TPSA) is 38.0 Å². The molecule has 0 amide bonds. The van der Waals surface area contributed by atoms with E-state index in [9.17, 15) is 4.39 Å². The van der Waals surface area contributed by atoms with Crippen molar-refractivity contribution in [3.8, 4) is 0 Å². The fraction of sp³-hybridized carbons (Fsp3) is 0.500. The van der Waals surface area contributed by atoms with Crippen LogP contribution in [0.3, 0.4) is 0 Å². The molecule has 2 aliphatic heterocycles. The molecule has 2 aliphatic rings. The molecule has 0 saturated carbocycles. The van der Waals surface area contributed by atoms with Crippen molar-refractivity contribution in [1.29, 1.82) is 0 Å². The highest BCUT2D eigenvalue weighted by Gasteiger charge is 2.46. The maximum absolute atomic E-state index is 13.7. The lowest BCUT2D eigenvalue weighted by Crippen LogP contribution is -2.39. The van der Waals surface area contributed by atoms with Crippen LogP contribution in [0.2, 0.25) is 0 Å². The van der Waals surface area contributed by atoms with Gasteiger partial charge in [-0.3, -0.25) is 0 Å². The normalized spacial score (nSPS) is 38.5. The van der Waals surface area contributed by atoms with E-state index >= 15 is 0 Å². The fourth-order valence-corrected chi connectivity index (χ4v) is 3.08. The Bertz CT molecular complexity index is 378. The van der Waals surface area contributed by atoms with Crippen LogP contribution in [0.5, 0.6) is 0 Å². The van der Waals surface area contributed by atoms with Crippen LogP contribution in [-0.4, -0.2) is 18.1 Å². The Morgan fingerprint density at radius 2 is 1.93 bits per heavy atom. The second kappa shape index (κ2) is 3.29. The lowest BCUT2D eigenvalue weighted by Gasteiger charge is -2.26. The molecule has 15 heavy (non-hydrogen) atoms. The first-order valence-corrected chi connectivity index (χ1v) is 5.53. The summed E-state index contributed by atoms with van der Waals surface area (Å²) in [5.74, 6) is 0.0391. The summed E-state index contributed by atoms with van der Waals surface area (Å²) in [5, 5.41) is 3.46. The van der Waals surface area contributed by atoms with E-state index in [4.69, 9.17) is 5.73 Å². The number of benzene rings is 1. The molecule has 3 N–H and O–H groups in total. The molecule has 1 aromatic carbocycles. The minimum atomic E-state index is -0.118. The molecule has 2 bridgehead atoms. The van der Waals surface area contributed by atoms with Crippen LogP contribution in [-0.2, 0) is 0 Å². The lowest BCUT2D eigenvalue weighted by atomic mass is 9.80. The second-order valence-corrected chi connectivity index (χ2v) is 4.58. The molecule has 2 heterocycles. The van der Waals surface area contributed by atoms with Crippen molar-refractivity contribution in [2.45, 2.75) is 36.9 Å². The Kier molecular flexibility index (Phi) is 2.04. The van der Waals surface area contributed by atoms with Crippen molar-refractivity contribution in [1.82, 2.24) is 5.32 Å². The summed E-state index contributed by atoms with van der Waals surface area (Å²) in [7, 11) is 0. The van der Waals surface area contributed by atoms with Gasteiger partial charge < -0.3 is 11.1 Å². The molecule has 0 aliphatic carbocycles. The van der Waals surface area contributed by atoms with Crippen LogP contribution in [0.4, 0.5) is 4.39 Å². The Balaban J connectivity index is 1.98. The predicted octanol–water partition coefficient (Wildman–Crippen LogP) is 1.37. The average molecular weight is 206 g/mol. The number of nitrogens with one attached hydrogen (secondary N) is 1. The van der Waals surface area contributed by atoms with E-state index in [2.05, 4.69) is 5.32 Å². The zero-order valence-corrected chi connectivity index (χ0v) is 8.49. The Labute approximate surface area is 88.7 Å². The number of fused-ring (bicyclic) bond motifs is 2. The van der Waals surface area contributed by atoms with Gasteiger partial charge in [0.15, 0.2) is 0 Å². The molecule has 2 nitrogen and oxygen atoms in total. The Morgan fingerprint density at radius 1 is 1.20 bits per heavy atom. The van der Waals surface area contributed by atoms with Gasteiger partial charge in [0, 0.05) is 24.0 Å². The lowest BCUT2D eigenvalue weighted by molar-refractivity contribution is 0.430. The highest BCUT2D eigenvalue weighted by molar-refractivity contribution is 5.29. The molecule has 4 unspecified atom stereocenters. The predicted molar refractivity (Wildman–Crippen MR) is 57.1 cm³/mol. The first-order valence-electron chi connectivity index (χ1n) is 5.53. The second-order valence-electron chi connectivity index (χ2n) is 4.58. The zero-order valence-electron chi connectivity index (χ0n) is 8.49. The third-order valence-corrected chi connectivity index (χ3v) is 3.79. The minimum absolute atomic E-state index is 0.0700. The van der Waals surface area contributed by atoms with E-state index in [0.717, 1.165) is 18.4 Å². The number of nitrogens with two attached hydrogens (primary N) is 1. The van der Waals surface area contributed by atoms with Crippen LogP contribution in [0, 0.1) is 5.82 Å². The molecular weight excluding hydrogens is 191 g/mol. The number of halogens is 1.